The summed E-state index contributed by atoms with van der Waals surface area (Å²) in [4.78, 5) is 11.8. The van der Waals surface area contributed by atoms with Crippen LogP contribution >= 0.6 is 11.6 Å². The van der Waals surface area contributed by atoms with Gasteiger partial charge >= 0.3 is 0 Å². The van der Waals surface area contributed by atoms with Crippen molar-refractivity contribution in [2.45, 2.75) is 33.1 Å². The molecule has 5 heteroatoms. The van der Waals surface area contributed by atoms with Crippen LogP contribution in [0.15, 0.2) is 0 Å². The molecule has 0 aromatic carbocycles. The third-order valence-corrected chi connectivity index (χ3v) is 3.43. The van der Waals surface area contributed by atoms with Crippen molar-refractivity contribution in [3.8, 4) is 0 Å². The Hall–Kier alpha value is -0.870. The Morgan fingerprint density at radius 1 is 1.59 bits per heavy atom. The van der Waals surface area contributed by atoms with Crippen molar-refractivity contribution in [1.82, 2.24) is 9.78 Å². The Kier molecular flexibility index (Phi) is 5.15. The predicted octanol–water partition coefficient (Wildman–Crippen LogP) is 1.87. The van der Waals surface area contributed by atoms with E-state index in [9.17, 15) is 4.79 Å². The minimum absolute atomic E-state index is 0.198. The first kappa shape index (κ1) is 14.2. The Labute approximate surface area is 107 Å². The second kappa shape index (κ2) is 6.17. The smallest absolute Gasteiger partial charge is 0.137 e. The Bertz CT molecular complexity index is 401. The molecule has 0 bridgehead atoms. The molecule has 0 aliphatic rings. The van der Waals surface area contributed by atoms with Crippen molar-refractivity contribution in [3.63, 3.8) is 0 Å². The van der Waals surface area contributed by atoms with E-state index < -0.39 is 0 Å². The van der Waals surface area contributed by atoms with Crippen molar-refractivity contribution in [1.29, 1.82) is 0 Å². The number of halogens is 1. The van der Waals surface area contributed by atoms with Gasteiger partial charge in [0.25, 0.3) is 0 Å². The van der Waals surface area contributed by atoms with Gasteiger partial charge in [-0.25, -0.2) is 0 Å². The van der Waals surface area contributed by atoms with E-state index in [0.717, 1.165) is 17.7 Å². The van der Waals surface area contributed by atoms with Crippen LogP contribution in [0.4, 0.5) is 0 Å². The predicted molar refractivity (Wildman–Crippen MR) is 69.1 cm³/mol. The van der Waals surface area contributed by atoms with Crippen LogP contribution in [0, 0.1) is 12.8 Å². The number of ketones is 1. The van der Waals surface area contributed by atoms with Crippen molar-refractivity contribution in [2.75, 3.05) is 6.54 Å². The van der Waals surface area contributed by atoms with Gasteiger partial charge in [-0.05, 0) is 25.8 Å². The molecule has 4 nitrogen and oxygen atoms in total. The molecule has 1 atom stereocenters. The summed E-state index contributed by atoms with van der Waals surface area (Å²) in [6, 6.07) is 0. The Morgan fingerprint density at radius 3 is 2.71 bits per heavy atom. The second-order valence-electron chi connectivity index (χ2n) is 4.57. The summed E-state index contributed by atoms with van der Waals surface area (Å²) in [5.41, 5.74) is 7.19. The van der Waals surface area contributed by atoms with Gasteiger partial charge in [-0.3, -0.25) is 9.48 Å². The number of carbonyl (C=O) groups is 1. The van der Waals surface area contributed by atoms with Crippen molar-refractivity contribution in [3.05, 3.63) is 16.4 Å². The highest BCUT2D eigenvalue weighted by Crippen LogP contribution is 2.20. The van der Waals surface area contributed by atoms with E-state index in [2.05, 4.69) is 12.0 Å². The summed E-state index contributed by atoms with van der Waals surface area (Å²) >= 11 is 6.08. The lowest BCUT2D eigenvalue weighted by Crippen LogP contribution is -2.13. The van der Waals surface area contributed by atoms with Crippen LogP contribution in [-0.2, 0) is 18.3 Å². The topological polar surface area (TPSA) is 60.9 Å². The van der Waals surface area contributed by atoms with Gasteiger partial charge in [-0.1, -0.05) is 18.5 Å². The number of nitrogens with two attached hydrogens (primary N) is 1. The lowest BCUT2D eigenvalue weighted by atomic mass is 10.0. The molecule has 96 valence electrons. The zero-order chi connectivity index (χ0) is 13.0. The van der Waals surface area contributed by atoms with E-state index in [0.29, 0.717) is 30.5 Å². The van der Waals surface area contributed by atoms with Crippen LogP contribution < -0.4 is 5.73 Å². The summed E-state index contributed by atoms with van der Waals surface area (Å²) < 4.78 is 1.60. The molecule has 1 aromatic rings. The maximum Gasteiger partial charge on any atom is 0.137 e. The molecule has 0 spiro atoms. The molecule has 0 fully saturated rings. The molecular weight excluding hydrogens is 238 g/mol. The molecule has 1 heterocycles. The van der Waals surface area contributed by atoms with Gasteiger partial charge in [-0.15, -0.1) is 0 Å². The molecule has 0 aliphatic heterocycles. The molecule has 0 aliphatic carbocycles. The highest BCUT2D eigenvalue weighted by Gasteiger charge is 2.15. The number of aryl methyl sites for hydroxylation is 2. The van der Waals surface area contributed by atoms with Crippen LogP contribution in [-0.4, -0.2) is 22.1 Å². The molecule has 2 N–H and O–H groups in total. The zero-order valence-corrected chi connectivity index (χ0v) is 11.4. The summed E-state index contributed by atoms with van der Waals surface area (Å²) in [5, 5.41) is 4.75. The molecule has 1 aromatic heterocycles. The number of carbonyl (C=O) groups excluding carboxylic acids is 1. The number of rotatable bonds is 6. The minimum atomic E-state index is 0.198. The fourth-order valence-electron chi connectivity index (χ4n) is 1.69. The van der Waals surface area contributed by atoms with Gasteiger partial charge in [0.2, 0.25) is 0 Å². The lowest BCUT2D eigenvalue weighted by molar-refractivity contribution is -0.118. The first-order valence-corrected chi connectivity index (χ1v) is 6.23. The fourth-order valence-corrected chi connectivity index (χ4v) is 1.93. The average molecular weight is 258 g/mol. The van der Waals surface area contributed by atoms with E-state index in [-0.39, 0.29) is 5.78 Å². The largest absolute Gasteiger partial charge is 0.330 e. The van der Waals surface area contributed by atoms with E-state index in [1.807, 2.05) is 6.92 Å². The molecule has 1 unspecified atom stereocenters. The summed E-state index contributed by atoms with van der Waals surface area (Å²) in [5.74, 6) is 0.590. The first-order valence-electron chi connectivity index (χ1n) is 5.85. The molecule has 0 radical (unpaired) electrons. The maximum atomic E-state index is 11.8. The standard InChI is InChI=1S/C12H20ClN3O/c1-8(7-14)4-5-10(17)6-11-9(2)15-16(3)12(11)13/h8H,4-7,14H2,1-3H3. The van der Waals surface area contributed by atoms with E-state index in [1.54, 1.807) is 11.7 Å². The Balaban J connectivity index is 2.56. The summed E-state index contributed by atoms with van der Waals surface area (Å²) in [7, 11) is 1.78. The van der Waals surface area contributed by atoms with Crippen LogP contribution in [0.1, 0.15) is 31.0 Å². The van der Waals surface area contributed by atoms with Crippen LogP contribution in [0.2, 0.25) is 5.15 Å². The molecular formula is C12H20ClN3O. The average Bonchev–Trinajstić information content (AvgIpc) is 2.53. The van der Waals surface area contributed by atoms with E-state index in [1.165, 1.54) is 0 Å². The van der Waals surface area contributed by atoms with Gasteiger partial charge in [-0.2, -0.15) is 5.10 Å². The number of nitrogens with zero attached hydrogens (tertiary/aromatic N) is 2. The van der Waals surface area contributed by atoms with Crippen molar-refractivity contribution < 1.29 is 4.79 Å². The number of Topliss-reactive ketones (excluding diaryl/α,β-unsaturated/α-hetero) is 1. The van der Waals surface area contributed by atoms with Gasteiger partial charge in [0.1, 0.15) is 10.9 Å². The molecule has 0 saturated carbocycles. The fraction of sp³-hybridized carbons (Fsp3) is 0.667. The number of aromatic nitrogens is 2. The third kappa shape index (κ3) is 3.82. The SMILES string of the molecule is Cc1nn(C)c(Cl)c1CC(=O)CCC(C)CN. The maximum absolute atomic E-state index is 11.8. The van der Waals surface area contributed by atoms with Gasteiger partial charge in [0, 0.05) is 25.5 Å². The highest BCUT2D eigenvalue weighted by molar-refractivity contribution is 6.30. The molecule has 1 rings (SSSR count). The first-order chi connectivity index (χ1) is 7.95. The monoisotopic (exact) mass is 257 g/mol. The van der Waals surface area contributed by atoms with E-state index in [4.69, 9.17) is 17.3 Å². The number of hydrogen-bond donors (Lipinski definition) is 1. The lowest BCUT2D eigenvalue weighted by Gasteiger charge is -2.07. The summed E-state index contributed by atoms with van der Waals surface area (Å²) in [6.45, 7) is 4.55. The number of hydrogen-bond acceptors (Lipinski definition) is 3. The quantitative estimate of drug-likeness (QED) is 0.846. The molecule has 17 heavy (non-hydrogen) atoms. The van der Waals surface area contributed by atoms with Crippen molar-refractivity contribution >= 4 is 17.4 Å². The normalized spacial score (nSPS) is 12.8. The van der Waals surface area contributed by atoms with Crippen molar-refractivity contribution in [2.24, 2.45) is 18.7 Å². The summed E-state index contributed by atoms with van der Waals surface area (Å²) in [6.07, 6.45) is 1.77. The Morgan fingerprint density at radius 2 is 2.24 bits per heavy atom. The van der Waals surface area contributed by atoms with Crippen LogP contribution in [0.25, 0.3) is 0 Å². The van der Waals surface area contributed by atoms with Gasteiger partial charge < -0.3 is 5.73 Å². The molecule has 0 saturated heterocycles. The second-order valence-corrected chi connectivity index (χ2v) is 4.93. The minimum Gasteiger partial charge on any atom is -0.330 e. The van der Waals surface area contributed by atoms with E-state index >= 15 is 0 Å². The third-order valence-electron chi connectivity index (χ3n) is 2.96. The van der Waals surface area contributed by atoms with Crippen LogP contribution in [0.5, 0.6) is 0 Å². The zero-order valence-electron chi connectivity index (χ0n) is 10.7. The van der Waals surface area contributed by atoms with Gasteiger partial charge in [0.15, 0.2) is 0 Å². The van der Waals surface area contributed by atoms with Gasteiger partial charge in [0.05, 0.1) is 5.69 Å². The van der Waals surface area contributed by atoms with Crippen LogP contribution in [0.3, 0.4) is 0 Å². The molecule has 0 amide bonds. The highest BCUT2D eigenvalue weighted by atomic mass is 35.5.